The predicted octanol–water partition coefficient (Wildman–Crippen LogP) is 4.53. The zero-order valence-corrected chi connectivity index (χ0v) is 13.5. The van der Waals surface area contributed by atoms with Crippen LogP contribution in [0.4, 0.5) is 8.78 Å². The average molecular weight is 347 g/mol. The highest BCUT2D eigenvalue weighted by atomic mass is 35.5. The molecule has 0 unspecified atom stereocenters. The maximum Gasteiger partial charge on any atom is 0.288 e. The van der Waals surface area contributed by atoms with E-state index >= 15 is 0 Å². The zero-order valence-electron chi connectivity index (χ0n) is 12.8. The van der Waals surface area contributed by atoms with Crippen LogP contribution in [-0.2, 0) is 6.54 Å². The van der Waals surface area contributed by atoms with Crippen molar-refractivity contribution in [3.8, 4) is 22.5 Å². The number of nitrogens with zero attached hydrogens (tertiary/aromatic N) is 2. The van der Waals surface area contributed by atoms with Crippen LogP contribution in [0.3, 0.4) is 0 Å². The molecule has 3 nitrogen and oxygen atoms in total. The Morgan fingerprint density at radius 3 is 2.08 bits per heavy atom. The summed E-state index contributed by atoms with van der Waals surface area (Å²) in [7, 11) is 0. The van der Waals surface area contributed by atoms with Crippen LogP contribution in [0.2, 0.25) is 5.15 Å². The first-order chi connectivity index (χ1) is 11.5. The van der Waals surface area contributed by atoms with Crippen LogP contribution >= 0.6 is 11.6 Å². The molecule has 2 aromatic carbocycles. The molecule has 3 aromatic rings. The summed E-state index contributed by atoms with van der Waals surface area (Å²) >= 11 is 5.94. The number of aromatic nitrogens is 2. The summed E-state index contributed by atoms with van der Waals surface area (Å²) in [6.45, 7) is 1.97. The summed E-state index contributed by atoms with van der Waals surface area (Å²) in [5.41, 5.74) is 0.107. The van der Waals surface area contributed by atoms with E-state index in [0.717, 1.165) is 0 Å². The number of hydrogen-bond donors (Lipinski definition) is 0. The van der Waals surface area contributed by atoms with Gasteiger partial charge >= 0.3 is 0 Å². The van der Waals surface area contributed by atoms with Gasteiger partial charge in [0.25, 0.3) is 5.56 Å². The summed E-state index contributed by atoms with van der Waals surface area (Å²) in [6.07, 6.45) is 0. The van der Waals surface area contributed by atoms with Crippen molar-refractivity contribution in [2.45, 2.75) is 13.5 Å². The standard InChI is InChI=1S/C18H13ClF2N2O/c1-2-23-16(12-8-4-6-10-14(12)21)15(22-17(19)18(23)24)11-7-3-5-9-13(11)20/h3-10H,2H2,1H3. The van der Waals surface area contributed by atoms with E-state index in [1.54, 1.807) is 31.2 Å². The topological polar surface area (TPSA) is 34.9 Å². The molecule has 122 valence electrons. The summed E-state index contributed by atoms with van der Waals surface area (Å²) in [5.74, 6) is -1.05. The zero-order chi connectivity index (χ0) is 17.3. The molecule has 24 heavy (non-hydrogen) atoms. The second-order valence-corrected chi connectivity index (χ2v) is 5.47. The maximum absolute atomic E-state index is 14.4. The molecule has 0 aliphatic heterocycles. The van der Waals surface area contributed by atoms with Crippen LogP contribution in [0.1, 0.15) is 6.92 Å². The monoisotopic (exact) mass is 346 g/mol. The molecule has 0 fully saturated rings. The van der Waals surface area contributed by atoms with Crippen LogP contribution in [-0.4, -0.2) is 9.55 Å². The van der Waals surface area contributed by atoms with Gasteiger partial charge in [-0.1, -0.05) is 35.9 Å². The fourth-order valence-corrected chi connectivity index (χ4v) is 2.80. The minimum Gasteiger partial charge on any atom is -0.304 e. The van der Waals surface area contributed by atoms with Gasteiger partial charge < -0.3 is 4.57 Å². The Balaban J connectivity index is 2.46. The van der Waals surface area contributed by atoms with Gasteiger partial charge in [0.05, 0.1) is 11.4 Å². The Morgan fingerprint density at radius 1 is 1.00 bits per heavy atom. The van der Waals surface area contributed by atoms with E-state index in [9.17, 15) is 13.6 Å². The van der Waals surface area contributed by atoms with Crippen LogP contribution in [0.25, 0.3) is 22.5 Å². The number of hydrogen-bond acceptors (Lipinski definition) is 2. The molecule has 1 heterocycles. The van der Waals surface area contributed by atoms with Crippen LogP contribution < -0.4 is 5.56 Å². The molecule has 0 radical (unpaired) electrons. The molecular weight excluding hydrogens is 334 g/mol. The highest BCUT2D eigenvalue weighted by molar-refractivity contribution is 6.29. The lowest BCUT2D eigenvalue weighted by atomic mass is 10.0. The second-order valence-electron chi connectivity index (χ2n) is 5.11. The van der Waals surface area contributed by atoms with Gasteiger partial charge in [-0.15, -0.1) is 0 Å². The van der Waals surface area contributed by atoms with Crippen LogP contribution in [0, 0.1) is 11.6 Å². The molecule has 6 heteroatoms. The summed E-state index contributed by atoms with van der Waals surface area (Å²) in [5, 5.41) is -0.282. The largest absolute Gasteiger partial charge is 0.304 e. The first-order valence-corrected chi connectivity index (χ1v) is 7.72. The van der Waals surface area contributed by atoms with Crippen molar-refractivity contribution in [1.29, 1.82) is 0 Å². The fourth-order valence-electron chi connectivity index (χ4n) is 2.61. The lowest BCUT2D eigenvalue weighted by Gasteiger charge is -2.17. The Morgan fingerprint density at radius 2 is 1.54 bits per heavy atom. The number of halogens is 3. The Kier molecular flexibility index (Phi) is 4.44. The molecule has 0 aliphatic rings. The number of rotatable bonds is 3. The minimum absolute atomic E-state index is 0.129. The molecule has 0 N–H and O–H groups in total. The van der Waals surface area contributed by atoms with Crippen molar-refractivity contribution in [3.63, 3.8) is 0 Å². The average Bonchev–Trinajstić information content (AvgIpc) is 2.58. The third kappa shape index (κ3) is 2.71. The van der Waals surface area contributed by atoms with Gasteiger partial charge in [-0.2, -0.15) is 0 Å². The first kappa shape index (κ1) is 16.3. The third-order valence-electron chi connectivity index (χ3n) is 3.70. The van der Waals surface area contributed by atoms with E-state index in [0.29, 0.717) is 0 Å². The van der Waals surface area contributed by atoms with Crippen molar-refractivity contribution in [2.75, 3.05) is 0 Å². The summed E-state index contributed by atoms with van der Waals surface area (Å²) in [6, 6.07) is 12.0. The quantitative estimate of drug-likeness (QED) is 0.698. The normalized spacial score (nSPS) is 10.8. The summed E-state index contributed by atoms with van der Waals surface area (Å²) in [4.78, 5) is 16.4. The first-order valence-electron chi connectivity index (χ1n) is 7.34. The van der Waals surface area contributed by atoms with E-state index < -0.39 is 17.2 Å². The highest BCUT2D eigenvalue weighted by Crippen LogP contribution is 2.33. The van der Waals surface area contributed by atoms with Crippen LogP contribution in [0.15, 0.2) is 53.3 Å². The SMILES string of the molecule is CCn1c(-c2ccccc2F)c(-c2ccccc2F)nc(Cl)c1=O. The Hall–Kier alpha value is -2.53. The fraction of sp³-hybridized carbons (Fsp3) is 0.111. The molecular formula is C18H13ClF2N2O. The molecule has 0 amide bonds. The Labute approximate surface area is 142 Å². The molecule has 0 atom stereocenters. The van der Waals surface area contributed by atoms with Crippen molar-refractivity contribution in [3.05, 3.63) is 75.7 Å². The maximum atomic E-state index is 14.4. The third-order valence-corrected chi connectivity index (χ3v) is 3.95. The van der Waals surface area contributed by atoms with Gasteiger partial charge in [-0.05, 0) is 31.2 Å². The smallest absolute Gasteiger partial charge is 0.288 e. The molecule has 0 saturated carbocycles. The van der Waals surface area contributed by atoms with E-state index in [-0.39, 0.29) is 34.2 Å². The van der Waals surface area contributed by atoms with Crippen molar-refractivity contribution in [2.24, 2.45) is 0 Å². The Bertz CT molecular complexity index is 969. The molecule has 1 aromatic heterocycles. The van der Waals surface area contributed by atoms with Gasteiger partial charge in [0.15, 0.2) is 5.15 Å². The van der Waals surface area contributed by atoms with Gasteiger partial charge in [-0.3, -0.25) is 4.79 Å². The van der Waals surface area contributed by atoms with Crippen LogP contribution in [0.5, 0.6) is 0 Å². The van der Waals surface area contributed by atoms with Crippen molar-refractivity contribution in [1.82, 2.24) is 9.55 Å². The molecule has 3 rings (SSSR count). The van der Waals surface area contributed by atoms with Gasteiger partial charge in [-0.25, -0.2) is 13.8 Å². The molecule has 0 aliphatic carbocycles. The van der Waals surface area contributed by atoms with E-state index in [1.165, 1.54) is 28.8 Å². The summed E-state index contributed by atoms with van der Waals surface area (Å²) < 4.78 is 29.9. The molecule has 0 saturated heterocycles. The van der Waals surface area contributed by atoms with Gasteiger partial charge in [0.1, 0.15) is 11.6 Å². The van der Waals surface area contributed by atoms with Gasteiger partial charge in [0.2, 0.25) is 0 Å². The van der Waals surface area contributed by atoms with E-state index in [2.05, 4.69) is 4.98 Å². The predicted molar refractivity (Wildman–Crippen MR) is 90.0 cm³/mol. The van der Waals surface area contributed by atoms with Gasteiger partial charge in [0, 0.05) is 17.7 Å². The molecule has 0 bridgehead atoms. The minimum atomic E-state index is -0.544. The van der Waals surface area contributed by atoms with E-state index in [4.69, 9.17) is 11.6 Å². The van der Waals surface area contributed by atoms with Crippen molar-refractivity contribution < 1.29 is 8.78 Å². The van der Waals surface area contributed by atoms with Crippen molar-refractivity contribution >= 4 is 11.6 Å². The molecule has 0 spiro atoms. The lowest BCUT2D eigenvalue weighted by Crippen LogP contribution is -2.24. The highest BCUT2D eigenvalue weighted by Gasteiger charge is 2.21. The number of benzene rings is 2. The lowest BCUT2D eigenvalue weighted by molar-refractivity contribution is 0.623. The van der Waals surface area contributed by atoms with E-state index in [1.807, 2.05) is 0 Å². The second kappa shape index (κ2) is 6.53.